The molecule has 1 aromatic carbocycles. The summed E-state index contributed by atoms with van der Waals surface area (Å²) in [5.41, 5.74) is 0.908. The zero-order valence-electron chi connectivity index (χ0n) is 17.8. The number of unbranched alkanes of at least 4 members (excludes halogenated alkanes) is 3. The molecule has 2 atom stereocenters. The lowest BCUT2D eigenvalue weighted by atomic mass is 10.1. The summed E-state index contributed by atoms with van der Waals surface area (Å²) < 4.78 is 4.80. The van der Waals surface area contributed by atoms with Crippen LogP contribution < -0.4 is 10.6 Å². The van der Waals surface area contributed by atoms with Gasteiger partial charge in [0.1, 0.15) is 12.1 Å². The summed E-state index contributed by atoms with van der Waals surface area (Å²) in [6.07, 6.45) is 10.0. The van der Waals surface area contributed by atoms with Crippen LogP contribution in [0.4, 0.5) is 0 Å². The molecule has 0 radical (unpaired) electrons. The normalized spacial score (nSPS) is 12.9. The summed E-state index contributed by atoms with van der Waals surface area (Å²) in [4.78, 5) is 36.5. The fourth-order valence-electron chi connectivity index (χ4n) is 2.82. The highest BCUT2D eigenvalue weighted by Gasteiger charge is 2.25. The first-order valence-corrected chi connectivity index (χ1v) is 10.3. The fraction of sp³-hybridized carbons (Fsp3) is 0.522. The number of amides is 2. The molecule has 6 heteroatoms. The van der Waals surface area contributed by atoms with Crippen molar-refractivity contribution in [3.8, 4) is 0 Å². The van der Waals surface area contributed by atoms with E-state index in [1.165, 1.54) is 26.4 Å². The largest absolute Gasteiger partial charge is 0.467 e. The Labute approximate surface area is 174 Å². The van der Waals surface area contributed by atoms with Crippen LogP contribution in [-0.2, 0) is 25.5 Å². The van der Waals surface area contributed by atoms with E-state index in [2.05, 4.69) is 23.6 Å². The van der Waals surface area contributed by atoms with E-state index in [9.17, 15) is 14.4 Å². The highest BCUT2D eigenvalue weighted by Crippen LogP contribution is 2.05. The van der Waals surface area contributed by atoms with E-state index >= 15 is 0 Å². The van der Waals surface area contributed by atoms with Crippen LogP contribution in [0.3, 0.4) is 0 Å². The number of methoxy groups -OCH3 is 1. The van der Waals surface area contributed by atoms with Gasteiger partial charge in [0.05, 0.1) is 7.11 Å². The lowest BCUT2D eigenvalue weighted by Crippen LogP contribution is -2.51. The first-order valence-electron chi connectivity index (χ1n) is 10.3. The van der Waals surface area contributed by atoms with Crippen LogP contribution >= 0.6 is 0 Å². The minimum atomic E-state index is -0.805. The van der Waals surface area contributed by atoms with Crippen LogP contribution in [0.25, 0.3) is 0 Å². The lowest BCUT2D eigenvalue weighted by molar-refractivity contribution is -0.145. The van der Waals surface area contributed by atoms with Crippen LogP contribution in [-0.4, -0.2) is 37.0 Å². The summed E-state index contributed by atoms with van der Waals surface area (Å²) in [5, 5.41) is 5.36. The van der Waals surface area contributed by atoms with Crippen LogP contribution in [0.5, 0.6) is 0 Å². The van der Waals surface area contributed by atoms with Crippen molar-refractivity contribution in [2.45, 2.75) is 70.9 Å². The summed E-state index contributed by atoms with van der Waals surface area (Å²) in [6.45, 7) is 3.77. The van der Waals surface area contributed by atoms with Crippen molar-refractivity contribution in [3.05, 3.63) is 48.0 Å². The maximum Gasteiger partial charge on any atom is 0.328 e. The van der Waals surface area contributed by atoms with E-state index < -0.39 is 24.0 Å². The molecule has 6 nitrogen and oxygen atoms in total. The minimum absolute atomic E-state index is 0.191. The summed E-state index contributed by atoms with van der Waals surface area (Å²) in [7, 11) is 1.29. The molecule has 0 aromatic heterocycles. The molecule has 0 aliphatic heterocycles. The van der Waals surface area contributed by atoms with Gasteiger partial charge in [-0.25, -0.2) is 4.79 Å². The second kappa shape index (κ2) is 14.4. The molecule has 0 heterocycles. The van der Waals surface area contributed by atoms with E-state index in [0.717, 1.165) is 12.0 Å². The van der Waals surface area contributed by atoms with Gasteiger partial charge < -0.3 is 15.4 Å². The van der Waals surface area contributed by atoms with E-state index in [1.54, 1.807) is 6.92 Å². The topological polar surface area (TPSA) is 84.5 Å². The van der Waals surface area contributed by atoms with Gasteiger partial charge in [-0.2, -0.15) is 0 Å². The molecule has 29 heavy (non-hydrogen) atoms. The smallest absolute Gasteiger partial charge is 0.328 e. The van der Waals surface area contributed by atoms with E-state index in [1.807, 2.05) is 36.4 Å². The van der Waals surface area contributed by atoms with Crippen molar-refractivity contribution in [1.29, 1.82) is 0 Å². The van der Waals surface area contributed by atoms with Crippen molar-refractivity contribution < 1.29 is 19.1 Å². The third-order valence-electron chi connectivity index (χ3n) is 4.53. The van der Waals surface area contributed by atoms with Crippen molar-refractivity contribution in [2.75, 3.05) is 7.11 Å². The zero-order chi connectivity index (χ0) is 21.5. The third-order valence-corrected chi connectivity index (χ3v) is 4.53. The number of carbonyl (C=O) groups excluding carboxylic acids is 3. The maximum atomic E-state index is 12.4. The van der Waals surface area contributed by atoms with Crippen molar-refractivity contribution in [2.24, 2.45) is 0 Å². The minimum Gasteiger partial charge on any atom is -0.467 e. The Kier molecular flexibility index (Phi) is 12.1. The lowest BCUT2D eigenvalue weighted by Gasteiger charge is -2.20. The third kappa shape index (κ3) is 10.5. The average Bonchev–Trinajstić information content (AvgIpc) is 2.72. The summed E-state index contributed by atoms with van der Waals surface area (Å²) in [6, 6.07) is 7.83. The first-order chi connectivity index (χ1) is 14.0. The SMILES string of the molecule is CCCCCC=CCCC(=O)N[C@@H](C)C(=O)N[C@@H](Cc1ccccc1)C(=O)OC. The van der Waals surface area contributed by atoms with E-state index in [-0.39, 0.29) is 5.91 Å². The molecule has 160 valence electrons. The second-order valence-corrected chi connectivity index (χ2v) is 7.07. The molecular weight excluding hydrogens is 368 g/mol. The number of carbonyl (C=O) groups is 3. The number of hydrogen-bond acceptors (Lipinski definition) is 4. The number of rotatable bonds is 13. The number of ether oxygens (including phenoxy) is 1. The Balaban J connectivity index is 2.45. The van der Waals surface area contributed by atoms with E-state index in [4.69, 9.17) is 4.74 Å². The Bertz CT molecular complexity index is 658. The fourth-order valence-corrected chi connectivity index (χ4v) is 2.82. The number of allylic oxidation sites excluding steroid dienone is 2. The highest BCUT2D eigenvalue weighted by atomic mass is 16.5. The second-order valence-electron chi connectivity index (χ2n) is 7.07. The van der Waals surface area contributed by atoms with Gasteiger partial charge in [-0.3, -0.25) is 9.59 Å². The monoisotopic (exact) mass is 402 g/mol. The first kappa shape index (κ1) is 24.4. The van der Waals surface area contributed by atoms with Crippen LogP contribution in [0.2, 0.25) is 0 Å². The van der Waals surface area contributed by atoms with Crippen molar-refractivity contribution in [1.82, 2.24) is 10.6 Å². The van der Waals surface area contributed by atoms with Crippen LogP contribution in [0.15, 0.2) is 42.5 Å². The van der Waals surface area contributed by atoms with Gasteiger partial charge in [0.2, 0.25) is 11.8 Å². The number of benzene rings is 1. The van der Waals surface area contributed by atoms with Crippen molar-refractivity contribution >= 4 is 17.8 Å². The van der Waals surface area contributed by atoms with Gasteiger partial charge >= 0.3 is 5.97 Å². The molecule has 0 saturated carbocycles. The molecule has 0 spiro atoms. The Morgan fingerprint density at radius 1 is 1.03 bits per heavy atom. The molecule has 0 aliphatic rings. The van der Waals surface area contributed by atoms with Gasteiger partial charge in [-0.1, -0.05) is 62.2 Å². The Morgan fingerprint density at radius 3 is 2.38 bits per heavy atom. The molecular formula is C23H34N2O4. The quantitative estimate of drug-likeness (QED) is 0.301. The predicted octanol–water partition coefficient (Wildman–Crippen LogP) is 3.31. The summed E-state index contributed by atoms with van der Waals surface area (Å²) >= 11 is 0. The molecule has 1 rings (SSSR count). The van der Waals surface area contributed by atoms with Gasteiger partial charge in [0.15, 0.2) is 0 Å². The molecule has 0 aliphatic carbocycles. The molecule has 0 bridgehead atoms. The van der Waals surface area contributed by atoms with Crippen LogP contribution in [0, 0.1) is 0 Å². The molecule has 0 unspecified atom stereocenters. The summed E-state index contributed by atoms with van der Waals surface area (Å²) in [5.74, 6) is -1.13. The standard InChI is InChI=1S/C23H34N2O4/c1-4-5-6-7-8-9-13-16-21(26)24-18(2)22(27)25-20(23(28)29-3)17-19-14-11-10-12-15-19/h8-12,14-15,18,20H,4-7,13,16-17H2,1-3H3,(H,24,26)(H,25,27)/t18-,20-/m0/s1. The van der Waals surface area contributed by atoms with Gasteiger partial charge in [0.25, 0.3) is 0 Å². The van der Waals surface area contributed by atoms with E-state index in [0.29, 0.717) is 19.3 Å². The number of esters is 1. The number of hydrogen-bond donors (Lipinski definition) is 2. The predicted molar refractivity (Wildman–Crippen MR) is 114 cm³/mol. The highest BCUT2D eigenvalue weighted by molar-refractivity contribution is 5.90. The Morgan fingerprint density at radius 2 is 1.72 bits per heavy atom. The molecule has 1 aromatic rings. The zero-order valence-corrected chi connectivity index (χ0v) is 17.8. The molecule has 0 fully saturated rings. The number of nitrogens with one attached hydrogen (secondary N) is 2. The molecule has 0 saturated heterocycles. The average molecular weight is 403 g/mol. The van der Waals surface area contributed by atoms with Crippen molar-refractivity contribution in [3.63, 3.8) is 0 Å². The molecule has 2 amide bonds. The van der Waals surface area contributed by atoms with Gasteiger partial charge in [-0.15, -0.1) is 0 Å². The van der Waals surface area contributed by atoms with Gasteiger partial charge in [-0.05, 0) is 31.7 Å². The maximum absolute atomic E-state index is 12.4. The van der Waals surface area contributed by atoms with Gasteiger partial charge in [0, 0.05) is 12.8 Å². The Hall–Kier alpha value is -2.63. The van der Waals surface area contributed by atoms with Crippen LogP contribution in [0.1, 0.15) is 57.9 Å². The molecule has 2 N–H and O–H groups in total.